The van der Waals surface area contributed by atoms with Crippen LogP contribution >= 0.6 is 11.6 Å². The summed E-state index contributed by atoms with van der Waals surface area (Å²) in [6, 6.07) is 5.24. The number of carbonyl (C=O) groups excluding carboxylic acids is 2. The van der Waals surface area contributed by atoms with Crippen LogP contribution < -0.4 is 5.32 Å². The first kappa shape index (κ1) is 20.9. The molecule has 1 aliphatic heterocycles. The number of carbonyl (C=O) groups is 2. The van der Waals surface area contributed by atoms with Crippen molar-refractivity contribution in [3.8, 4) is 0 Å². The zero-order valence-corrected chi connectivity index (χ0v) is 16.6. The van der Waals surface area contributed by atoms with Crippen LogP contribution in [-0.2, 0) is 19.6 Å². The molecule has 1 aromatic rings. The number of rotatable bonds is 6. The van der Waals surface area contributed by atoms with Crippen LogP contribution in [0.2, 0.25) is 5.02 Å². The van der Waals surface area contributed by atoms with Gasteiger partial charge in [-0.1, -0.05) is 25.4 Å². The second-order valence-electron chi connectivity index (χ2n) is 6.95. The van der Waals surface area contributed by atoms with E-state index < -0.39 is 16.1 Å². The fourth-order valence-electron chi connectivity index (χ4n) is 2.80. The smallest absolute Gasteiger partial charge is 0.243 e. The van der Waals surface area contributed by atoms with Crippen molar-refractivity contribution in [3.63, 3.8) is 0 Å². The van der Waals surface area contributed by atoms with Gasteiger partial charge in [0.15, 0.2) is 5.78 Å². The standard InChI is InChI=1S/C18H25ClN2O4S/c1-13(2)5-10-18(23)20-16-4-3-11-21(12-17(16)22)26(24,25)15-8-6-14(19)7-9-15/h6-9,13,16H,3-5,10-12H2,1-2H3,(H,20,23). The monoisotopic (exact) mass is 400 g/mol. The van der Waals surface area contributed by atoms with Crippen LogP contribution in [-0.4, -0.2) is 43.5 Å². The molecule has 0 aromatic heterocycles. The fraction of sp³-hybridized carbons (Fsp3) is 0.556. The van der Waals surface area contributed by atoms with Gasteiger partial charge in [-0.15, -0.1) is 0 Å². The van der Waals surface area contributed by atoms with Crippen molar-refractivity contribution in [1.29, 1.82) is 0 Å². The van der Waals surface area contributed by atoms with Crippen LogP contribution in [0.5, 0.6) is 0 Å². The molecule has 144 valence electrons. The molecule has 26 heavy (non-hydrogen) atoms. The molecule has 0 aliphatic carbocycles. The highest BCUT2D eigenvalue weighted by Gasteiger charge is 2.32. The van der Waals surface area contributed by atoms with Crippen molar-refractivity contribution in [2.24, 2.45) is 5.92 Å². The Hall–Kier alpha value is -1.44. The number of nitrogens with one attached hydrogen (secondary N) is 1. The number of sulfonamides is 1. The SMILES string of the molecule is CC(C)CCC(=O)NC1CCCN(S(=O)(=O)c2ccc(Cl)cc2)CC1=O. The van der Waals surface area contributed by atoms with E-state index in [1.165, 1.54) is 28.6 Å². The number of hydrogen-bond donors (Lipinski definition) is 1. The first-order chi connectivity index (χ1) is 12.2. The van der Waals surface area contributed by atoms with Crippen LogP contribution in [0, 0.1) is 5.92 Å². The summed E-state index contributed by atoms with van der Waals surface area (Å²) < 4.78 is 26.7. The minimum atomic E-state index is -3.77. The third-order valence-electron chi connectivity index (χ3n) is 4.36. The Labute approximate surface area is 160 Å². The van der Waals surface area contributed by atoms with Crippen molar-refractivity contribution in [1.82, 2.24) is 9.62 Å². The Bertz CT molecular complexity index is 747. The highest BCUT2D eigenvalue weighted by atomic mass is 35.5. The molecule has 1 aromatic carbocycles. The summed E-state index contributed by atoms with van der Waals surface area (Å²) in [6.45, 7) is 4.07. The zero-order chi connectivity index (χ0) is 19.3. The Morgan fingerprint density at radius 3 is 2.58 bits per heavy atom. The van der Waals surface area contributed by atoms with Gasteiger partial charge in [0, 0.05) is 18.0 Å². The van der Waals surface area contributed by atoms with Gasteiger partial charge in [-0.3, -0.25) is 9.59 Å². The van der Waals surface area contributed by atoms with Gasteiger partial charge in [0.25, 0.3) is 0 Å². The lowest BCUT2D eigenvalue weighted by atomic mass is 10.1. The number of hydrogen-bond acceptors (Lipinski definition) is 4. The maximum atomic E-state index is 12.7. The van der Waals surface area contributed by atoms with E-state index in [1.807, 2.05) is 13.8 Å². The zero-order valence-electron chi connectivity index (χ0n) is 15.1. The summed E-state index contributed by atoms with van der Waals surface area (Å²) in [5.41, 5.74) is 0. The Kier molecular flexibility index (Phi) is 7.20. The first-order valence-electron chi connectivity index (χ1n) is 8.78. The highest BCUT2D eigenvalue weighted by Crippen LogP contribution is 2.21. The van der Waals surface area contributed by atoms with E-state index in [-0.39, 0.29) is 29.7 Å². The van der Waals surface area contributed by atoms with Crippen LogP contribution in [0.15, 0.2) is 29.2 Å². The topological polar surface area (TPSA) is 83.6 Å². The number of nitrogens with zero attached hydrogens (tertiary/aromatic N) is 1. The van der Waals surface area contributed by atoms with E-state index in [9.17, 15) is 18.0 Å². The third kappa shape index (κ3) is 5.53. The first-order valence-corrected chi connectivity index (χ1v) is 10.6. The average molecular weight is 401 g/mol. The van der Waals surface area contributed by atoms with Gasteiger partial charge in [0.1, 0.15) is 0 Å². The lowest BCUT2D eigenvalue weighted by Gasteiger charge is -2.20. The third-order valence-corrected chi connectivity index (χ3v) is 6.47. The van der Waals surface area contributed by atoms with Gasteiger partial charge >= 0.3 is 0 Å². The highest BCUT2D eigenvalue weighted by molar-refractivity contribution is 7.89. The molecule has 1 saturated heterocycles. The van der Waals surface area contributed by atoms with E-state index in [1.54, 1.807) is 0 Å². The minimum Gasteiger partial charge on any atom is -0.346 e. The van der Waals surface area contributed by atoms with E-state index in [0.717, 1.165) is 6.42 Å². The number of ketones is 1. The molecule has 2 rings (SSSR count). The van der Waals surface area contributed by atoms with Gasteiger partial charge in [-0.05, 0) is 49.4 Å². The molecule has 1 fully saturated rings. The predicted molar refractivity (Wildman–Crippen MR) is 100 cm³/mol. The summed E-state index contributed by atoms with van der Waals surface area (Å²) >= 11 is 5.81. The molecule has 1 aliphatic rings. The van der Waals surface area contributed by atoms with Gasteiger partial charge in [0.2, 0.25) is 15.9 Å². The van der Waals surface area contributed by atoms with Gasteiger partial charge in [-0.2, -0.15) is 4.31 Å². The van der Waals surface area contributed by atoms with Crippen LogP contribution in [0.3, 0.4) is 0 Å². The molecule has 0 spiro atoms. The predicted octanol–water partition coefficient (Wildman–Crippen LogP) is 2.61. The summed E-state index contributed by atoms with van der Waals surface area (Å²) in [5.74, 6) is -0.0328. The maximum absolute atomic E-state index is 12.7. The van der Waals surface area contributed by atoms with Crippen molar-refractivity contribution < 1.29 is 18.0 Å². The average Bonchev–Trinajstić information content (AvgIpc) is 2.76. The maximum Gasteiger partial charge on any atom is 0.243 e. The molecule has 8 heteroatoms. The van der Waals surface area contributed by atoms with E-state index in [4.69, 9.17) is 11.6 Å². The number of Topliss-reactive ketones (excluding diaryl/α,β-unsaturated/α-hetero) is 1. The Morgan fingerprint density at radius 1 is 1.31 bits per heavy atom. The van der Waals surface area contributed by atoms with Crippen molar-refractivity contribution in [3.05, 3.63) is 29.3 Å². The number of benzene rings is 1. The molecule has 0 bridgehead atoms. The summed E-state index contributed by atoms with van der Waals surface area (Å²) in [4.78, 5) is 24.6. The molecule has 1 heterocycles. The molecule has 1 amide bonds. The molecule has 0 radical (unpaired) electrons. The Morgan fingerprint density at radius 2 is 1.96 bits per heavy atom. The van der Waals surface area contributed by atoms with Crippen LogP contribution in [0.1, 0.15) is 39.5 Å². The van der Waals surface area contributed by atoms with E-state index >= 15 is 0 Å². The second-order valence-corrected chi connectivity index (χ2v) is 9.33. The molecule has 1 unspecified atom stereocenters. The van der Waals surface area contributed by atoms with Crippen molar-refractivity contribution >= 4 is 33.3 Å². The number of halogens is 1. The second kappa shape index (κ2) is 8.97. The van der Waals surface area contributed by atoms with Gasteiger partial charge in [-0.25, -0.2) is 8.42 Å². The molecule has 1 N–H and O–H groups in total. The number of amides is 1. The van der Waals surface area contributed by atoms with Crippen molar-refractivity contribution in [2.45, 2.75) is 50.5 Å². The summed E-state index contributed by atoms with van der Waals surface area (Å²) in [5, 5.41) is 3.20. The van der Waals surface area contributed by atoms with E-state index in [2.05, 4.69) is 5.32 Å². The molecule has 6 nitrogen and oxygen atoms in total. The van der Waals surface area contributed by atoms with Crippen LogP contribution in [0.4, 0.5) is 0 Å². The normalized spacial score (nSPS) is 19.4. The molecule has 0 saturated carbocycles. The summed E-state index contributed by atoms with van der Waals surface area (Å²) in [6.07, 6.45) is 2.07. The fourth-order valence-corrected chi connectivity index (χ4v) is 4.37. The molecule has 1 atom stereocenters. The molecular weight excluding hydrogens is 376 g/mol. The van der Waals surface area contributed by atoms with Crippen molar-refractivity contribution in [2.75, 3.05) is 13.1 Å². The van der Waals surface area contributed by atoms with E-state index in [0.29, 0.717) is 30.2 Å². The van der Waals surface area contributed by atoms with Gasteiger partial charge < -0.3 is 5.32 Å². The Balaban J connectivity index is 2.04. The minimum absolute atomic E-state index is 0.106. The molecular formula is C18H25ClN2O4S. The lowest BCUT2D eigenvalue weighted by Crippen LogP contribution is -2.44. The van der Waals surface area contributed by atoms with Gasteiger partial charge in [0.05, 0.1) is 17.5 Å². The lowest BCUT2D eigenvalue weighted by molar-refractivity contribution is -0.127. The summed E-state index contributed by atoms with van der Waals surface area (Å²) in [7, 11) is -3.77. The van der Waals surface area contributed by atoms with Crippen LogP contribution in [0.25, 0.3) is 0 Å². The largest absolute Gasteiger partial charge is 0.346 e. The quantitative estimate of drug-likeness (QED) is 0.795.